The number of aromatic nitrogens is 4. The number of hydrogen-bond acceptors (Lipinski definition) is 5. The summed E-state index contributed by atoms with van der Waals surface area (Å²) in [5.74, 6) is 0. The molecule has 11 aromatic rings. The van der Waals surface area contributed by atoms with Crippen LogP contribution in [0.4, 0.5) is 0 Å². The van der Waals surface area contributed by atoms with Crippen molar-refractivity contribution in [1.82, 2.24) is 19.9 Å². The van der Waals surface area contributed by atoms with Gasteiger partial charge in [0.15, 0.2) is 0 Å². The fourth-order valence-corrected chi connectivity index (χ4v) is 7.62. The third-order valence-electron chi connectivity index (χ3n) is 9.91. The molecule has 0 aliphatic heterocycles. The molecule has 5 heteroatoms. The van der Waals surface area contributed by atoms with Gasteiger partial charge in [-0.1, -0.05) is 97.1 Å². The Labute approximate surface area is 279 Å². The Morgan fingerprint density at radius 1 is 0.327 bits per heavy atom. The van der Waals surface area contributed by atoms with Crippen molar-refractivity contribution in [2.75, 3.05) is 0 Å². The molecule has 49 heavy (non-hydrogen) atoms. The van der Waals surface area contributed by atoms with Crippen LogP contribution < -0.4 is 0 Å². The van der Waals surface area contributed by atoms with Crippen molar-refractivity contribution in [3.8, 4) is 22.5 Å². The highest BCUT2D eigenvalue weighted by molar-refractivity contribution is 6.24. The zero-order chi connectivity index (χ0) is 32.1. The molecule has 0 saturated carbocycles. The molecule has 0 aliphatic carbocycles. The van der Waals surface area contributed by atoms with E-state index in [1.807, 2.05) is 24.5 Å². The first-order chi connectivity index (χ1) is 24.3. The topological polar surface area (TPSA) is 64.7 Å². The molecule has 8 aromatic carbocycles. The van der Waals surface area contributed by atoms with Crippen LogP contribution in [-0.2, 0) is 0 Å². The number of furan rings is 1. The Morgan fingerprint density at radius 3 is 1.06 bits per heavy atom. The number of benzene rings is 8. The maximum Gasteiger partial charge on any atom is 0.135 e. The Bertz CT molecular complexity index is 2900. The van der Waals surface area contributed by atoms with Crippen molar-refractivity contribution >= 4 is 87.1 Å². The standard InChI is InChI=1S/C44H24N4O/c1-5-13-31-27(9-1)29-11-3-7-15-33(29)43-41(31)45-23-37(47-43)25-17-19-39-35(21-25)36-22-26(18-20-40(36)49-39)38-24-46-42-32-14-6-2-10-28(32)30-12-4-8-16-34(30)44(42)48-38/h1-24H. The molecule has 0 atom stereocenters. The van der Waals surface area contributed by atoms with Crippen molar-refractivity contribution in [3.63, 3.8) is 0 Å². The summed E-state index contributed by atoms with van der Waals surface area (Å²) in [7, 11) is 0. The Hall–Kier alpha value is -6.72. The van der Waals surface area contributed by atoms with Crippen LogP contribution in [0.25, 0.3) is 110 Å². The van der Waals surface area contributed by atoms with E-state index in [9.17, 15) is 0 Å². The van der Waals surface area contributed by atoms with E-state index < -0.39 is 0 Å². The first-order valence-corrected chi connectivity index (χ1v) is 16.4. The van der Waals surface area contributed by atoms with Crippen LogP contribution in [0, 0.1) is 0 Å². The minimum atomic E-state index is 0.819. The first kappa shape index (κ1) is 26.4. The van der Waals surface area contributed by atoms with Crippen LogP contribution >= 0.6 is 0 Å². The number of hydrogen-bond donors (Lipinski definition) is 0. The van der Waals surface area contributed by atoms with Gasteiger partial charge in [-0.2, -0.15) is 0 Å². The summed E-state index contributed by atoms with van der Waals surface area (Å²) in [6, 6.07) is 46.3. The van der Waals surface area contributed by atoms with Crippen LogP contribution in [0.15, 0.2) is 150 Å². The highest BCUT2D eigenvalue weighted by Crippen LogP contribution is 2.38. The lowest BCUT2D eigenvalue weighted by Gasteiger charge is -2.10. The van der Waals surface area contributed by atoms with Crippen LogP contribution in [-0.4, -0.2) is 19.9 Å². The summed E-state index contributed by atoms with van der Waals surface area (Å²) < 4.78 is 6.31. The van der Waals surface area contributed by atoms with E-state index in [1.165, 1.54) is 21.5 Å². The Morgan fingerprint density at radius 2 is 0.673 bits per heavy atom. The van der Waals surface area contributed by atoms with Gasteiger partial charge in [0.05, 0.1) is 45.8 Å². The third kappa shape index (κ3) is 3.81. The van der Waals surface area contributed by atoms with E-state index in [-0.39, 0.29) is 0 Å². The Balaban J connectivity index is 1.08. The molecule has 0 unspecified atom stereocenters. The fourth-order valence-electron chi connectivity index (χ4n) is 7.62. The fraction of sp³-hybridized carbons (Fsp3) is 0. The molecule has 0 saturated heterocycles. The smallest absolute Gasteiger partial charge is 0.135 e. The molecule has 0 fully saturated rings. The van der Waals surface area contributed by atoms with Gasteiger partial charge >= 0.3 is 0 Å². The van der Waals surface area contributed by atoms with E-state index in [0.717, 1.165) is 88.1 Å². The molecule has 3 aromatic heterocycles. The molecule has 0 N–H and O–H groups in total. The van der Waals surface area contributed by atoms with Crippen LogP contribution in [0.3, 0.4) is 0 Å². The number of nitrogens with zero attached hydrogens (tertiary/aromatic N) is 4. The summed E-state index contributed by atoms with van der Waals surface area (Å²) in [6.45, 7) is 0. The van der Waals surface area contributed by atoms with Crippen molar-refractivity contribution in [1.29, 1.82) is 0 Å². The van der Waals surface area contributed by atoms with Crippen molar-refractivity contribution in [2.45, 2.75) is 0 Å². The number of fused-ring (bicyclic) bond motifs is 15. The molecule has 0 radical (unpaired) electrons. The molecule has 0 bridgehead atoms. The quantitative estimate of drug-likeness (QED) is 0.179. The summed E-state index contributed by atoms with van der Waals surface area (Å²) in [6.07, 6.45) is 3.77. The molecule has 5 nitrogen and oxygen atoms in total. The predicted octanol–water partition coefficient (Wildman–Crippen LogP) is 11.4. The van der Waals surface area contributed by atoms with Crippen molar-refractivity contribution in [3.05, 3.63) is 146 Å². The van der Waals surface area contributed by atoms with Gasteiger partial charge in [0.1, 0.15) is 11.2 Å². The minimum absolute atomic E-state index is 0.819. The van der Waals surface area contributed by atoms with E-state index in [4.69, 9.17) is 24.4 Å². The van der Waals surface area contributed by atoms with Crippen LogP contribution in [0.5, 0.6) is 0 Å². The van der Waals surface area contributed by atoms with Gasteiger partial charge < -0.3 is 4.42 Å². The highest BCUT2D eigenvalue weighted by Gasteiger charge is 2.16. The molecular formula is C44H24N4O. The summed E-state index contributed by atoms with van der Waals surface area (Å²) in [4.78, 5) is 20.4. The normalized spacial score (nSPS) is 12.1. The van der Waals surface area contributed by atoms with Gasteiger partial charge in [-0.15, -0.1) is 0 Å². The molecule has 3 heterocycles. The van der Waals surface area contributed by atoms with Crippen LogP contribution in [0.2, 0.25) is 0 Å². The van der Waals surface area contributed by atoms with Gasteiger partial charge in [0.2, 0.25) is 0 Å². The van der Waals surface area contributed by atoms with Gasteiger partial charge in [-0.25, -0.2) is 9.97 Å². The summed E-state index contributed by atoms with van der Waals surface area (Å²) in [5.41, 5.74) is 8.88. The zero-order valence-electron chi connectivity index (χ0n) is 26.1. The van der Waals surface area contributed by atoms with E-state index in [2.05, 4.69) is 121 Å². The predicted molar refractivity (Wildman–Crippen MR) is 201 cm³/mol. The molecule has 0 spiro atoms. The second-order valence-corrected chi connectivity index (χ2v) is 12.6. The second kappa shape index (κ2) is 9.89. The van der Waals surface area contributed by atoms with Gasteiger partial charge in [-0.05, 0) is 57.9 Å². The summed E-state index contributed by atoms with van der Waals surface area (Å²) in [5, 5.41) is 11.2. The van der Waals surface area contributed by atoms with Crippen molar-refractivity contribution in [2.24, 2.45) is 0 Å². The molecule has 226 valence electrons. The third-order valence-corrected chi connectivity index (χ3v) is 9.91. The monoisotopic (exact) mass is 624 g/mol. The average molecular weight is 625 g/mol. The van der Waals surface area contributed by atoms with Gasteiger partial charge in [0.25, 0.3) is 0 Å². The minimum Gasteiger partial charge on any atom is -0.456 e. The maximum atomic E-state index is 6.31. The maximum absolute atomic E-state index is 6.31. The SMILES string of the molecule is c1ccc2c(c1)c1ccccc1c1nc(-c3ccc4oc5ccc(-c6cnc7c8ccccc8c8ccccc8c7n6)cc5c4c3)cnc21. The van der Waals surface area contributed by atoms with E-state index in [1.54, 1.807) is 0 Å². The average Bonchev–Trinajstić information content (AvgIpc) is 3.55. The first-order valence-electron chi connectivity index (χ1n) is 16.4. The Kier molecular flexibility index (Phi) is 5.32. The van der Waals surface area contributed by atoms with Crippen molar-refractivity contribution < 1.29 is 4.42 Å². The largest absolute Gasteiger partial charge is 0.456 e. The molecule has 0 aliphatic rings. The van der Waals surface area contributed by atoms with Gasteiger partial charge in [0, 0.05) is 43.4 Å². The zero-order valence-corrected chi connectivity index (χ0v) is 26.1. The number of rotatable bonds is 2. The van der Waals surface area contributed by atoms with E-state index >= 15 is 0 Å². The lowest BCUT2D eigenvalue weighted by Crippen LogP contribution is -1.92. The second-order valence-electron chi connectivity index (χ2n) is 12.6. The lowest BCUT2D eigenvalue weighted by atomic mass is 9.99. The van der Waals surface area contributed by atoms with E-state index in [0.29, 0.717) is 0 Å². The van der Waals surface area contributed by atoms with Gasteiger partial charge in [-0.3, -0.25) is 9.97 Å². The molecule has 0 amide bonds. The molecule has 11 rings (SSSR count). The summed E-state index contributed by atoms with van der Waals surface area (Å²) >= 11 is 0. The molecular weight excluding hydrogens is 601 g/mol. The lowest BCUT2D eigenvalue weighted by molar-refractivity contribution is 0.669. The van der Waals surface area contributed by atoms with Crippen LogP contribution in [0.1, 0.15) is 0 Å². The highest BCUT2D eigenvalue weighted by atomic mass is 16.3.